The van der Waals surface area contributed by atoms with Gasteiger partial charge in [0.05, 0.1) is 0 Å². The van der Waals surface area contributed by atoms with Gasteiger partial charge in [0.15, 0.2) is 0 Å². The van der Waals surface area contributed by atoms with Crippen LogP contribution in [0.25, 0.3) is 0 Å². The van der Waals surface area contributed by atoms with Crippen molar-refractivity contribution < 1.29 is 4.79 Å². The van der Waals surface area contributed by atoms with Gasteiger partial charge in [-0.3, -0.25) is 4.79 Å². The van der Waals surface area contributed by atoms with E-state index in [1.807, 2.05) is 12.1 Å². The largest absolute Gasteiger partial charge is 0.356 e. The molecule has 1 saturated carbocycles. The minimum absolute atomic E-state index is 0.0319. The number of rotatable bonds is 5. The van der Waals surface area contributed by atoms with E-state index < -0.39 is 0 Å². The highest BCUT2D eigenvalue weighted by Gasteiger charge is 2.29. The molecule has 1 aliphatic carbocycles. The van der Waals surface area contributed by atoms with Crippen LogP contribution in [-0.4, -0.2) is 18.0 Å². The topological polar surface area (TPSA) is 55.1 Å². The van der Waals surface area contributed by atoms with Gasteiger partial charge in [-0.15, -0.1) is 0 Å². The third-order valence-electron chi connectivity index (χ3n) is 4.09. The first-order chi connectivity index (χ1) is 9.98. The van der Waals surface area contributed by atoms with Crippen molar-refractivity contribution in [3.8, 4) is 0 Å². The van der Waals surface area contributed by atoms with E-state index in [0.29, 0.717) is 29.4 Å². The lowest BCUT2D eigenvalue weighted by Crippen LogP contribution is -2.46. The van der Waals surface area contributed by atoms with Crippen molar-refractivity contribution >= 4 is 29.1 Å². The van der Waals surface area contributed by atoms with Gasteiger partial charge >= 0.3 is 0 Å². The van der Waals surface area contributed by atoms with E-state index in [4.69, 9.17) is 28.9 Å². The molecule has 1 fully saturated rings. The van der Waals surface area contributed by atoms with E-state index in [0.717, 1.165) is 31.2 Å². The smallest absolute Gasteiger partial charge is 0.221 e. The van der Waals surface area contributed by atoms with E-state index >= 15 is 0 Å². The van der Waals surface area contributed by atoms with Crippen molar-refractivity contribution in [2.45, 2.75) is 50.5 Å². The fourth-order valence-electron chi connectivity index (χ4n) is 2.88. The molecule has 1 aromatic rings. The molecule has 0 aliphatic heterocycles. The summed E-state index contributed by atoms with van der Waals surface area (Å²) < 4.78 is 0. The first-order valence-electron chi connectivity index (χ1n) is 7.48. The average molecular weight is 329 g/mol. The molecule has 0 radical (unpaired) electrons. The van der Waals surface area contributed by atoms with Crippen molar-refractivity contribution in [1.29, 1.82) is 0 Å². The molecule has 3 N–H and O–H groups in total. The molecule has 0 saturated heterocycles. The van der Waals surface area contributed by atoms with E-state index in [2.05, 4.69) is 5.32 Å². The van der Waals surface area contributed by atoms with Crippen LogP contribution in [0.4, 0.5) is 0 Å². The molecule has 0 aromatic heterocycles. The van der Waals surface area contributed by atoms with Crippen LogP contribution in [0.2, 0.25) is 10.0 Å². The second kappa shape index (κ2) is 7.48. The zero-order valence-corrected chi connectivity index (χ0v) is 13.6. The minimum atomic E-state index is -0.305. The second-order valence-electron chi connectivity index (χ2n) is 5.94. The Balaban J connectivity index is 1.76. The van der Waals surface area contributed by atoms with Crippen LogP contribution in [0.3, 0.4) is 0 Å². The van der Waals surface area contributed by atoms with Crippen LogP contribution in [0.1, 0.15) is 44.1 Å². The molecule has 0 heterocycles. The summed E-state index contributed by atoms with van der Waals surface area (Å²) >= 11 is 12.0. The molecule has 116 valence electrons. The fourth-order valence-corrected chi connectivity index (χ4v) is 3.38. The first kappa shape index (κ1) is 16.6. The summed E-state index contributed by atoms with van der Waals surface area (Å²) in [6.45, 7) is 0.566. The highest BCUT2D eigenvalue weighted by atomic mass is 35.5. The predicted octanol–water partition coefficient (Wildman–Crippen LogP) is 3.70. The third-order valence-corrected chi connectivity index (χ3v) is 4.68. The van der Waals surface area contributed by atoms with Gasteiger partial charge in [-0.2, -0.15) is 0 Å². The zero-order valence-electron chi connectivity index (χ0n) is 12.1. The number of hydrogen-bond acceptors (Lipinski definition) is 2. The van der Waals surface area contributed by atoms with Crippen LogP contribution in [0.5, 0.6) is 0 Å². The maximum atomic E-state index is 12.0. The number of benzene rings is 1. The summed E-state index contributed by atoms with van der Waals surface area (Å²) in [5.74, 6) is 0.0319. The van der Waals surface area contributed by atoms with Gasteiger partial charge in [-0.05, 0) is 37.0 Å². The number of hydrogen-bond donors (Lipinski definition) is 2. The van der Waals surface area contributed by atoms with Gasteiger partial charge < -0.3 is 11.1 Å². The number of carbonyl (C=O) groups is 1. The van der Waals surface area contributed by atoms with Gasteiger partial charge in [-0.1, -0.05) is 48.5 Å². The Labute approximate surface area is 136 Å². The summed E-state index contributed by atoms with van der Waals surface area (Å²) in [4.78, 5) is 12.0. The van der Waals surface area contributed by atoms with Crippen LogP contribution in [0, 0.1) is 0 Å². The number of nitrogens with two attached hydrogens (primary N) is 1. The Morgan fingerprint density at radius 3 is 2.62 bits per heavy atom. The molecule has 1 aliphatic rings. The monoisotopic (exact) mass is 328 g/mol. The summed E-state index contributed by atoms with van der Waals surface area (Å²) in [5.41, 5.74) is 6.97. The maximum absolute atomic E-state index is 12.0. The lowest BCUT2D eigenvalue weighted by atomic mass is 9.80. The molecule has 5 heteroatoms. The lowest BCUT2D eigenvalue weighted by Gasteiger charge is -2.32. The Bertz CT molecular complexity index is 499. The molecular formula is C16H22Cl2N2O. The van der Waals surface area contributed by atoms with Crippen LogP contribution in [0.15, 0.2) is 18.2 Å². The number of nitrogens with one attached hydrogen (secondary N) is 1. The fraction of sp³-hybridized carbons (Fsp3) is 0.562. The van der Waals surface area contributed by atoms with Crippen molar-refractivity contribution in [1.82, 2.24) is 5.32 Å². The highest BCUT2D eigenvalue weighted by Crippen LogP contribution is 2.28. The molecule has 2 rings (SSSR count). The Kier molecular flexibility index (Phi) is 5.91. The third kappa shape index (κ3) is 5.17. The Morgan fingerprint density at radius 1 is 1.24 bits per heavy atom. The summed E-state index contributed by atoms with van der Waals surface area (Å²) in [5, 5.41) is 4.19. The number of amides is 1. The van der Waals surface area contributed by atoms with E-state index in [1.165, 1.54) is 6.42 Å². The molecule has 0 atom stereocenters. The quantitative estimate of drug-likeness (QED) is 0.865. The SMILES string of the molecule is NC1(CC(=O)NCCc2ccc(Cl)cc2Cl)CCCCC1. The van der Waals surface area contributed by atoms with Gasteiger partial charge in [-0.25, -0.2) is 0 Å². The molecule has 0 unspecified atom stereocenters. The lowest BCUT2D eigenvalue weighted by molar-refractivity contribution is -0.122. The minimum Gasteiger partial charge on any atom is -0.356 e. The Morgan fingerprint density at radius 2 is 1.95 bits per heavy atom. The molecule has 0 spiro atoms. The standard InChI is InChI=1S/C16H22Cl2N2O/c17-13-5-4-12(14(18)10-13)6-9-20-15(21)11-16(19)7-2-1-3-8-16/h4-5,10H,1-3,6-9,11,19H2,(H,20,21). The van der Waals surface area contributed by atoms with Crippen molar-refractivity contribution in [3.05, 3.63) is 33.8 Å². The van der Waals surface area contributed by atoms with E-state index in [-0.39, 0.29) is 11.4 Å². The maximum Gasteiger partial charge on any atom is 0.221 e. The number of carbonyl (C=O) groups excluding carboxylic acids is 1. The number of halogens is 2. The highest BCUT2D eigenvalue weighted by molar-refractivity contribution is 6.35. The molecule has 0 bridgehead atoms. The second-order valence-corrected chi connectivity index (χ2v) is 6.78. The van der Waals surface area contributed by atoms with Crippen molar-refractivity contribution in [3.63, 3.8) is 0 Å². The van der Waals surface area contributed by atoms with E-state index in [1.54, 1.807) is 6.07 Å². The van der Waals surface area contributed by atoms with Gasteiger partial charge in [0.25, 0.3) is 0 Å². The summed E-state index contributed by atoms with van der Waals surface area (Å²) in [6.07, 6.45) is 6.50. The van der Waals surface area contributed by atoms with Gasteiger partial charge in [0.2, 0.25) is 5.91 Å². The van der Waals surface area contributed by atoms with Crippen LogP contribution >= 0.6 is 23.2 Å². The molecule has 1 amide bonds. The Hall–Kier alpha value is -0.770. The van der Waals surface area contributed by atoms with Gasteiger partial charge in [0, 0.05) is 28.5 Å². The van der Waals surface area contributed by atoms with Crippen LogP contribution in [-0.2, 0) is 11.2 Å². The molecule has 21 heavy (non-hydrogen) atoms. The van der Waals surface area contributed by atoms with Crippen molar-refractivity contribution in [2.75, 3.05) is 6.54 Å². The van der Waals surface area contributed by atoms with Crippen LogP contribution < -0.4 is 11.1 Å². The molecule has 3 nitrogen and oxygen atoms in total. The zero-order chi connectivity index (χ0) is 15.3. The predicted molar refractivity (Wildman–Crippen MR) is 87.8 cm³/mol. The first-order valence-corrected chi connectivity index (χ1v) is 8.24. The summed E-state index contributed by atoms with van der Waals surface area (Å²) in [6, 6.07) is 5.42. The summed E-state index contributed by atoms with van der Waals surface area (Å²) in [7, 11) is 0. The average Bonchev–Trinajstić information content (AvgIpc) is 2.41. The molecule has 1 aromatic carbocycles. The van der Waals surface area contributed by atoms with E-state index in [9.17, 15) is 4.79 Å². The normalized spacial score (nSPS) is 17.5. The molecular weight excluding hydrogens is 307 g/mol. The van der Waals surface area contributed by atoms with Gasteiger partial charge in [0.1, 0.15) is 0 Å². The van der Waals surface area contributed by atoms with Crippen molar-refractivity contribution in [2.24, 2.45) is 5.73 Å².